The summed E-state index contributed by atoms with van der Waals surface area (Å²) < 4.78 is 3.53. The van der Waals surface area contributed by atoms with Gasteiger partial charge in [-0.3, -0.25) is 9.48 Å². The van der Waals surface area contributed by atoms with Crippen molar-refractivity contribution in [3.8, 4) is 0 Å². The van der Waals surface area contributed by atoms with Gasteiger partial charge in [0.05, 0.1) is 18.8 Å². The fraction of sp³-hybridized carbons (Fsp3) is 0.375. The molecular formula is C16H18N6O. The number of hydrogen-bond donors (Lipinski definition) is 0. The minimum atomic E-state index is 0.00977. The highest BCUT2D eigenvalue weighted by Gasteiger charge is 2.29. The third-order valence-corrected chi connectivity index (χ3v) is 4.35. The van der Waals surface area contributed by atoms with E-state index < -0.39 is 0 Å². The molecular weight excluding hydrogens is 292 g/mol. The quantitative estimate of drug-likeness (QED) is 0.737. The monoisotopic (exact) mass is 310 g/mol. The van der Waals surface area contributed by atoms with Crippen molar-refractivity contribution in [2.24, 2.45) is 0 Å². The Kier molecular flexibility index (Phi) is 3.53. The summed E-state index contributed by atoms with van der Waals surface area (Å²) in [7, 11) is 0. The second-order valence-electron chi connectivity index (χ2n) is 5.82. The zero-order valence-corrected chi connectivity index (χ0v) is 12.7. The maximum Gasteiger partial charge on any atom is 0.259 e. The lowest BCUT2D eigenvalue weighted by molar-refractivity contribution is 0.0585. The van der Waals surface area contributed by atoms with Crippen molar-refractivity contribution < 1.29 is 4.79 Å². The molecule has 0 saturated carbocycles. The molecule has 1 saturated heterocycles. The van der Waals surface area contributed by atoms with Crippen LogP contribution in [-0.4, -0.2) is 47.8 Å². The van der Waals surface area contributed by atoms with Crippen molar-refractivity contribution in [3.63, 3.8) is 0 Å². The van der Waals surface area contributed by atoms with Gasteiger partial charge in [-0.15, -0.1) is 0 Å². The highest BCUT2D eigenvalue weighted by molar-refractivity contribution is 5.99. The first-order valence-corrected chi connectivity index (χ1v) is 7.90. The van der Waals surface area contributed by atoms with E-state index in [1.165, 1.54) is 0 Å². The average Bonchev–Trinajstić information content (AvgIpc) is 3.24. The molecule has 1 amide bonds. The molecule has 1 aliphatic heterocycles. The predicted octanol–water partition coefficient (Wildman–Crippen LogP) is 1.62. The number of fused-ring (bicyclic) bond motifs is 1. The molecule has 1 fully saturated rings. The summed E-state index contributed by atoms with van der Waals surface area (Å²) in [5.74, 6) is 0.00977. The minimum absolute atomic E-state index is 0.00977. The smallest absolute Gasteiger partial charge is 0.259 e. The Morgan fingerprint density at radius 1 is 1.17 bits per heavy atom. The largest absolute Gasteiger partial charge is 0.334 e. The summed E-state index contributed by atoms with van der Waals surface area (Å²) in [4.78, 5) is 19.3. The van der Waals surface area contributed by atoms with Crippen LogP contribution in [0, 0.1) is 0 Å². The topological polar surface area (TPSA) is 68.3 Å². The Hall–Kier alpha value is -2.70. The Bertz CT molecular complexity index is 809. The fourth-order valence-electron chi connectivity index (χ4n) is 3.21. The first-order chi connectivity index (χ1) is 11.3. The maximum atomic E-state index is 13.0. The molecule has 3 aromatic heterocycles. The van der Waals surface area contributed by atoms with Crippen molar-refractivity contribution in [1.82, 2.24) is 29.3 Å². The molecule has 4 rings (SSSR count). The van der Waals surface area contributed by atoms with E-state index in [0.717, 1.165) is 32.4 Å². The van der Waals surface area contributed by atoms with Crippen LogP contribution in [0.25, 0.3) is 5.65 Å². The van der Waals surface area contributed by atoms with Crippen LogP contribution in [0.15, 0.2) is 43.1 Å². The van der Waals surface area contributed by atoms with Crippen LogP contribution in [0.1, 0.15) is 29.6 Å². The molecule has 0 spiro atoms. The standard InChI is InChI=1S/C16H18N6O/c23-16(14-11-19-22-10-3-6-17-15(14)22)21-9-2-1-5-13(21)12-20-8-4-7-18-20/h3-4,6-8,10-11,13H,1-2,5,9,12H2/t13-/m1/s1. The molecule has 7 heteroatoms. The first-order valence-electron chi connectivity index (χ1n) is 7.90. The maximum absolute atomic E-state index is 13.0. The second kappa shape index (κ2) is 5.83. The summed E-state index contributed by atoms with van der Waals surface area (Å²) in [6.45, 7) is 1.50. The summed E-state index contributed by atoms with van der Waals surface area (Å²) in [6, 6.07) is 3.87. The predicted molar refractivity (Wildman–Crippen MR) is 83.9 cm³/mol. The Morgan fingerprint density at radius 3 is 2.96 bits per heavy atom. The van der Waals surface area contributed by atoms with Gasteiger partial charge in [0.25, 0.3) is 5.91 Å². The highest BCUT2D eigenvalue weighted by Crippen LogP contribution is 2.22. The van der Waals surface area contributed by atoms with Crippen molar-refractivity contribution >= 4 is 11.6 Å². The molecule has 0 aromatic carbocycles. The Labute approximate surface area is 133 Å². The lowest BCUT2D eigenvalue weighted by Crippen LogP contribution is -2.45. The SMILES string of the molecule is O=C(c1cnn2cccnc12)N1CCCC[C@@H]1Cn1cccn1. The van der Waals surface area contributed by atoms with Crippen molar-refractivity contribution in [3.05, 3.63) is 48.7 Å². The molecule has 1 atom stereocenters. The molecule has 23 heavy (non-hydrogen) atoms. The fourth-order valence-corrected chi connectivity index (χ4v) is 3.21. The Morgan fingerprint density at radius 2 is 2.09 bits per heavy atom. The number of rotatable bonds is 3. The van der Waals surface area contributed by atoms with E-state index in [-0.39, 0.29) is 11.9 Å². The Balaban J connectivity index is 1.62. The molecule has 118 valence electrons. The third-order valence-electron chi connectivity index (χ3n) is 4.35. The van der Waals surface area contributed by atoms with E-state index in [4.69, 9.17) is 0 Å². The van der Waals surface area contributed by atoms with Gasteiger partial charge in [0.15, 0.2) is 5.65 Å². The number of hydrogen-bond acceptors (Lipinski definition) is 4. The van der Waals surface area contributed by atoms with E-state index in [1.54, 1.807) is 35.4 Å². The van der Waals surface area contributed by atoms with Crippen LogP contribution in [-0.2, 0) is 6.54 Å². The van der Waals surface area contributed by atoms with Crippen LogP contribution in [0.5, 0.6) is 0 Å². The van der Waals surface area contributed by atoms with Crippen LogP contribution in [0.2, 0.25) is 0 Å². The van der Waals surface area contributed by atoms with E-state index in [0.29, 0.717) is 11.2 Å². The molecule has 0 aliphatic carbocycles. The van der Waals surface area contributed by atoms with Crippen molar-refractivity contribution in [2.45, 2.75) is 31.8 Å². The molecule has 1 aliphatic rings. The van der Waals surface area contributed by atoms with Gasteiger partial charge in [-0.1, -0.05) is 0 Å². The number of carbonyl (C=O) groups is 1. The summed E-state index contributed by atoms with van der Waals surface area (Å²) in [5.41, 5.74) is 1.18. The summed E-state index contributed by atoms with van der Waals surface area (Å²) >= 11 is 0. The number of likely N-dealkylation sites (tertiary alicyclic amines) is 1. The van der Waals surface area contributed by atoms with Crippen LogP contribution < -0.4 is 0 Å². The molecule has 4 heterocycles. The number of carbonyl (C=O) groups excluding carboxylic acids is 1. The van der Waals surface area contributed by atoms with E-state index in [9.17, 15) is 4.79 Å². The van der Waals surface area contributed by atoms with Gasteiger partial charge >= 0.3 is 0 Å². The van der Waals surface area contributed by atoms with Crippen molar-refractivity contribution in [1.29, 1.82) is 0 Å². The highest BCUT2D eigenvalue weighted by atomic mass is 16.2. The number of amides is 1. The third kappa shape index (κ3) is 2.58. The van der Waals surface area contributed by atoms with Crippen LogP contribution in [0.4, 0.5) is 0 Å². The zero-order valence-electron chi connectivity index (χ0n) is 12.7. The van der Waals surface area contributed by atoms with Gasteiger partial charge in [-0.05, 0) is 31.4 Å². The summed E-state index contributed by atoms with van der Waals surface area (Å²) in [6.07, 6.45) is 12.0. The second-order valence-corrected chi connectivity index (χ2v) is 5.82. The number of aromatic nitrogens is 5. The average molecular weight is 310 g/mol. The van der Waals surface area contributed by atoms with Gasteiger partial charge in [0, 0.05) is 31.3 Å². The van der Waals surface area contributed by atoms with Gasteiger partial charge in [-0.2, -0.15) is 10.2 Å². The molecule has 3 aromatic rings. The van der Waals surface area contributed by atoms with Crippen molar-refractivity contribution in [2.75, 3.05) is 6.54 Å². The summed E-state index contributed by atoms with van der Waals surface area (Å²) in [5, 5.41) is 8.49. The zero-order chi connectivity index (χ0) is 15.6. The number of nitrogens with zero attached hydrogens (tertiary/aromatic N) is 6. The molecule has 0 N–H and O–H groups in total. The van der Waals surface area contributed by atoms with Crippen LogP contribution in [0.3, 0.4) is 0 Å². The molecule has 0 radical (unpaired) electrons. The minimum Gasteiger partial charge on any atom is -0.334 e. The van der Waals surface area contributed by atoms with Gasteiger partial charge in [-0.25, -0.2) is 9.50 Å². The normalized spacial score (nSPS) is 18.4. The molecule has 0 bridgehead atoms. The van der Waals surface area contributed by atoms with Gasteiger partial charge in [0.2, 0.25) is 0 Å². The lowest BCUT2D eigenvalue weighted by Gasteiger charge is -2.35. The van der Waals surface area contributed by atoms with E-state index >= 15 is 0 Å². The van der Waals surface area contributed by atoms with Crippen LogP contribution >= 0.6 is 0 Å². The van der Waals surface area contributed by atoms with E-state index in [2.05, 4.69) is 15.2 Å². The number of piperidine rings is 1. The van der Waals surface area contributed by atoms with E-state index in [1.807, 2.05) is 21.8 Å². The lowest BCUT2D eigenvalue weighted by atomic mass is 10.0. The van der Waals surface area contributed by atoms with Gasteiger partial charge < -0.3 is 4.90 Å². The first kappa shape index (κ1) is 13.9. The molecule has 0 unspecified atom stereocenters. The van der Waals surface area contributed by atoms with Gasteiger partial charge in [0.1, 0.15) is 5.56 Å². The molecule has 7 nitrogen and oxygen atoms in total.